The summed E-state index contributed by atoms with van der Waals surface area (Å²) in [5.41, 5.74) is 8.77. The van der Waals surface area contributed by atoms with E-state index in [0.29, 0.717) is 11.3 Å². The van der Waals surface area contributed by atoms with E-state index in [4.69, 9.17) is 5.73 Å². The van der Waals surface area contributed by atoms with E-state index in [2.05, 4.69) is 9.71 Å². The fourth-order valence-electron chi connectivity index (χ4n) is 1.90. The van der Waals surface area contributed by atoms with Crippen LogP contribution < -0.4 is 10.5 Å². The molecular formula is C14H17N3O2S. The van der Waals surface area contributed by atoms with Gasteiger partial charge in [0.05, 0.1) is 17.6 Å². The van der Waals surface area contributed by atoms with Crippen molar-refractivity contribution in [1.29, 1.82) is 0 Å². The van der Waals surface area contributed by atoms with Crippen molar-refractivity contribution in [3.05, 3.63) is 47.3 Å². The fourth-order valence-corrected chi connectivity index (χ4v) is 3.37. The molecule has 0 bridgehead atoms. The van der Waals surface area contributed by atoms with Gasteiger partial charge in [-0.2, -0.15) is 0 Å². The van der Waals surface area contributed by atoms with Crippen LogP contribution in [0.5, 0.6) is 0 Å². The number of aryl methyl sites for hydroxylation is 3. The van der Waals surface area contributed by atoms with Crippen molar-refractivity contribution in [3.63, 3.8) is 0 Å². The summed E-state index contributed by atoms with van der Waals surface area (Å²) in [6, 6.07) is 6.95. The highest BCUT2D eigenvalue weighted by Crippen LogP contribution is 2.27. The summed E-state index contributed by atoms with van der Waals surface area (Å²) in [4.78, 5) is 4.18. The minimum Gasteiger partial charge on any atom is -0.397 e. The number of nitrogens with two attached hydrogens (primary N) is 1. The number of nitrogens with one attached hydrogen (secondary N) is 1. The molecule has 0 radical (unpaired) electrons. The molecule has 0 aliphatic rings. The number of hydrogen-bond acceptors (Lipinski definition) is 4. The smallest absolute Gasteiger partial charge is 0.264 e. The van der Waals surface area contributed by atoms with Crippen molar-refractivity contribution in [2.45, 2.75) is 25.7 Å². The van der Waals surface area contributed by atoms with E-state index in [0.717, 1.165) is 11.3 Å². The minimum atomic E-state index is -3.73. The maximum absolute atomic E-state index is 12.5. The molecular weight excluding hydrogens is 274 g/mol. The maximum atomic E-state index is 12.5. The van der Waals surface area contributed by atoms with Gasteiger partial charge in [0.25, 0.3) is 10.0 Å². The molecule has 6 heteroatoms. The lowest BCUT2D eigenvalue weighted by atomic mass is 10.1. The lowest BCUT2D eigenvalue weighted by Crippen LogP contribution is -2.17. The SMILES string of the molecule is Cc1ccc(NS(=O)(=O)c2c(C)ccc(C)c2N)cn1. The fraction of sp³-hybridized carbons (Fsp3) is 0.214. The highest BCUT2D eigenvalue weighted by Gasteiger charge is 2.21. The second-order valence-electron chi connectivity index (χ2n) is 4.74. The molecule has 3 N–H and O–H groups in total. The Labute approximate surface area is 118 Å². The van der Waals surface area contributed by atoms with Crippen molar-refractivity contribution in [2.75, 3.05) is 10.5 Å². The summed E-state index contributed by atoms with van der Waals surface area (Å²) in [5.74, 6) is 0. The Morgan fingerprint density at radius 1 is 1.05 bits per heavy atom. The summed E-state index contributed by atoms with van der Waals surface area (Å²) in [5, 5.41) is 0. The molecule has 2 aromatic rings. The number of benzene rings is 1. The van der Waals surface area contributed by atoms with Crippen molar-refractivity contribution < 1.29 is 8.42 Å². The Bertz CT molecular complexity index is 738. The van der Waals surface area contributed by atoms with Crippen LogP contribution in [0.3, 0.4) is 0 Å². The molecule has 5 nitrogen and oxygen atoms in total. The van der Waals surface area contributed by atoms with Gasteiger partial charge in [-0.1, -0.05) is 12.1 Å². The molecule has 0 atom stereocenters. The number of anilines is 2. The summed E-state index contributed by atoms with van der Waals surface area (Å²) in [7, 11) is -3.73. The zero-order valence-corrected chi connectivity index (χ0v) is 12.5. The molecule has 1 aromatic carbocycles. The second-order valence-corrected chi connectivity index (χ2v) is 6.36. The molecule has 0 spiro atoms. The van der Waals surface area contributed by atoms with Crippen LogP contribution in [0, 0.1) is 20.8 Å². The zero-order chi connectivity index (χ0) is 14.9. The molecule has 0 saturated carbocycles. The first-order chi connectivity index (χ1) is 9.31. The lowest BCUT2D eigenvalue weighted by Gasteiger charge is -2.14. The van der Waals surface area contributed by atoms with E-state index in [1.165, 1.54) is 6.20 Å². The van der Waals surface area contributed by atoms with Crippen LogP contribution in [-0.4, -0.2) is 13.4 Å². The first-order valence-corrected chi connectivity index (χ1v) is 7.61. The van der Waals surface area contributed by atoms with Crippen LogP contribution in [0.25, 0.3) is 0 Å². The molecule has 0 unspecified atom stereocenters. The Hall–Kier alpha value is -2.08. The maximum Gasteiger partial charge on any atom is 0.264 e. The van der Waals surface area contributed by atoms with Gasteiger partial charge >= 0.3 is 0 Å². The van der Waals surface area contributed by atoms with Gasteiger partial charge in [-0.3, -0.25) is 9.71 Å². The van der Waals surface area contributed by atoms with Gasteiger partial charge < -0.3 is 5.73 Å². The molecule has 20 heavy (non-hydrogen) atoms. The van der Waals surface area contributed by atoms with Crippen LogP contribution in [0.4, 0.5) is 11.4 Å². The molecule has 0 aliphatic carbocycles. The number of aromatic nitrogens is 1. The van der Waals surface area contributed by atoms with Crippen LogP contribution in [0.2, 0.25) is 0 Å². The van der Waals surface area contributed by atoms with Gasteiger partial charge in [0.1, 0.15) is 4.90 Å². The first kappa shape index (κ1) is 14.3. The Balaban J connectivity index is 2.46. The molecule has 2 rings (SSSR count). The van der Waals surface area contributed by atoms with E-state index in [-0.39, 0.29) is 10.6 Å². The molecule has 1 heterocycles. The number of rotatable bonds is 3. The van der Waals surface area contributed by atoms with Crippen molar-refractivity contribution in [2.24, 2.45) is 0 Å². The van der Waals surface area contributed by atoms with Gasteiger partial charge in [-0.05, 0) is 44.0 Å². The third-order valence-electron chi connectivity index (χ3n) is 3.04. The average Bonchev–Trinajstić information content (AvgIpc) is 2.37. The van der Waals surface area contributed by atoms with Crippen molar-refractivity contribution in [1.82, 2.24) is 4.98 Å². The molecule has 106 valence electrons. The van der Waals surface area contributed by atoms with E-state index in [9.17, 15) is 8.42 Å². The standard InChI is InChI=1S/C14H17N3O2S/c1-9-4-5-10(2)14(13(9)15)20(18,19)17-12-7-6-11(3)16-8-12/h4-8,17H,15H2,1-3H3. The van der Waals surface area contributed by atoms with E-state index < -0.39 is 10.0 Å². The van der Waals surface area contributed by atoms with Gasteiger partial charge in [-0.25, -0.2) is 8.42 Å². The summed E-state index contributed by atoms with van der Waals surface area (Å²) >= 11 is 0. The largest absolute Gasteiger partial charge is 0.397 e. The lowest BCUT2D eigenvalue weighted by molar-refractivity contribution is 0.601. The van der Waals surface area contributed by atoms with Gasteiger partial charge in [0.15, 0.2) is 0 Å². The molecule has 0 aliphatic heterocycles. The van der Waals surface area contributed by atoms with Gasteiger partial charge in [0.2, 0.25) is 0 Å². The topological polar surface area (TPSA) is 85.1 Å². The van der Waals surface area contributed by atoms with E-state index in [1.807, 2.05) is 6.92 Å². The summed E-state index contributed by atoms with van der Waals surface area (Å²) < 4.78 is 27.4. The second kappa shape index (κ2) is 5.13. The summed E-state index contributed by atoms with van der Waals surface area (Å²) in [6.45, 7) is 5.33. The van der Waals surface area contributed by atoms with Crippen molar-refractivity contribution in [3.8, 4) is 0 Å². The van der Waals surface area contributed by atoms with Crippen molar-refractivity contribution >= 4 is 21.4 Å². The highest BCUT2D eigenvalue weighted by molar-refractivity contribution is 7.93. The quantitative estimate of drug-likeness (QED) is 0.850. The van der Waals surface area contributed by atoms with Crippen LogP contribution in [0.15, 0.2) is 35.4 Å². The average molecular weight is 291 g/mol. The predicted octanol–water partition coefficient (Wildman–Crippen LogP) is 2.39. The highest BCUT2D eigenvalue weighted by atomic mass is 32.2. The van der Waals surface area contributed by atoms with Gasteiger partial charge in [0, 0.05) is 5.69 Å². The van der Waals surface area contributed by atoms with Gasteiger partial charge in [-0.15, -0.1) is 0 Å². The predicted molar refractivity (Wildman–Crippen MR) is 80.1 cm³/mol. The summed E-state index contributed by atoms with van der Waals surface area (Å²) in [6.07, 6.45) is 1.48. The number of nitrogen functional groups attached to an aromatic ring is 1. The Kier molecular flexibility index (Phi) is 3.67. The Morgan fingerprint density at radius 2 is 1.70 bits per heavy atom. The van der Waals surface area contributed by atoms with Crippen LogP contribution in [0.1, 0.15) is 16.8 Å². The third kappa shape index (κ3) is 2.75. The van der Waals surface area contributed by atoms with E-state index >= 15 is 0 Å². The molecule has 0 fully saturated rings. The normalized spacial score (nSPS) is 11.3. The molecule has 1 aromatic heterocycles. The van der Waals surface area contributed by atoms with E-state index in [1.54, 1.807) is 38.1 Å². The Morgan fingerprint density at radius 3 is 2.30 bits per heavy atom. The number of hydrogen-bond donors (Lipinski definition) is 2. The first-order valence-electron chi connectivity index (χ1n) is 6.12. The number of sulfonamides is 1. The third-order valence-corrected chi connectivity index (χ3v) is 4.63. The molecule has 0 amide bonds. The van der Waals surface area contributed by atoms with Crippen LogP contribution in [-0.2, 0) is 10.0 Å². The monoisotopic (exact) mass is 291 g/mol. The zero-order valence-electron chi connectivity index (χ0n) is 11.6. The molecule has 0 saturated heterocycles. The number of pyridine rings is 1. The number of nitrogens with zero attached hydrogens (tertiary/aromatic N) is 1. The van der Waals surface area contributed by atoms with Crippen LogP contribution >= 0.6 is 0 Å². The minimum absolute atomic E-state index is 0.123.